The van der Waals surface area contributed by atoms with Gasteiger partial charge < -0.3 is 5.32 Å². The predicted molar refractivity (Wildman–Crippen MR) is 53.4 cm³/mol. The summed E-state index contributed by atoms with van der Waals surface area (Å²) < 4.78 is 0. The number of amides is 1. The minimum Gasteiger partial charge on any atom is -0.352 e. The monoisotopic (exact) mass is 233 g/mol. The van der Waals surface area contributed by atoms with Crippen LogP contribution in [0.3, 0.4) is 0 Å². The van der Waals surface area contributed by atoms with E-state index in [0.717, 1.165) is 24.6 Å². The van der Waals surface area contributed by atoms with Gasteiger partial charge in [-0.05, 0) is 19.3 Å². The van der Waals surface area contributed by atoms with Crippen LogP contribution in [0.1, 0.15) is 33.1 Å². The maximum atomic E-state index is 11.6. The van der Waals surface area contributed by atoms with Crippen molar-refractivity contribution in [1.29, 1.82) is 0 Å². The van der Waals surface area contributed by atoms with Crippen LogP contribution in [0.5, 0.6) is 0 Å². The fourth-order valence-corrected chi connectivity index (χ4v) is 2.30. The second kappa shape index (κ2) is 3.77. The topological polar surface area (TPSA) is 29.1 Å². The van der Waals surface area contributed by atoms with Crippen LogP contribution in [0.25, 0.3) is 0 Å². The van der Waals surface area contributed by atoms with E-state index < -0.39 is 0 Å². The number of carbonyl (C=O) groups is 1. The zero-order chi connectivity index (χ0) is 9.19. The Bertz CT molecular complexity index is 177. The molecule has 1 rings (SSSR count). The van der Waals surface area contributed by atoms with Gasteiger partial charge in [0.25, 0.3) is 0 Å². The molecule has 2 nitrogen and oxygen atoms in total. The molecule has 1 unspecified atom stereocenters. The highest BCUT2D eigenvalue weighted by atomic mass is 79.9. The lowest BCUT2D eigenvalue weighted by molar-refractivity contribution is -0.128. The number of rotatable bonds is 3. The van der Waals surface area contributed by atoms with Crippen LogP contribution in [0.15, 0.2) is 0 Å². The maximum Gasteiger partial charge on any atom is 0.226 e. The van der Waals surface area contributed by atoms with Crippen LogP contribution in [0.4, 0.5) is 0 Å². The Morgan fingerprint density at radius 2 is 2.17 bits per heavy atom. The van der Waals surface area contributed by atoms with Gasteiger partial charge in [-0.1, -0.05) is 29.8 Å². The van der Waals surface area contributed by atoms with Crippen molar-refractivity contribution in [1.82, 2.24) is 5.32 Å². The quantitative estimate of drug-likeness (QED) is 0.744. The van der Waals surface area contributed by atoms with Gasteiger partial charge in [-0.3, -0.25) is 4.79 Å². The van der Waals surface area contributed by atoms with E-state index in [4.69, 9.17) is 0 Å². The van der Waals surface area contributed by atoms with Crippen LogP contribution in [0.2, 0.25) is 0 Å². The van der Waals surface area contributed by atoms with Gasteiger partial charge in [0, 0.05) is 11.4 Å². The lowest BCUT2D eigenvalue weighted by Gasteiger charge is -2.21. The van der Waals surface area contributed by atoms with E-state index in [2.05, 4.69) is 35.1 Å². The Labute approximate surface area is 82.2 Å². The van der Waals surface area contributed by atoms with E-state index >= 15 is 0 Å². The second-order valence-corrected chi connectivity index (χ2v) is 4.16. The summed E-state index contributed by atoms with van der Waals surface area (Å²) in [6, 6.07) is 0.345. The minimum atomic E-state index is -0.0710. The number of hydrogen-bond donors (Lipinski definition) is 1. The van der Waals surface area contributed by atoms with Crippen LogP contribution >= 0.6 is 15.9 Å². The molecule has 0 aromatic rings. The van der Waals surface area contributed by atoms with E-state index in [1.54, 1.807) is 0 Å². The number of nitrogens with one attached hydrogen (secondary N) is 1. The van der Waals surface area contributed by atoms with Crippen molar-refractivity contribution in [3.63, 3.8) is 0 Å². The summed E-state index contributed by atoms with van der Waals surface area (Å²) in [4.78, 5) is 11.6. The smallest absolute Gasteiger partial charge is 0.226 e. The average molecular weight is 234 g/mol. The fraction of sp³-hybridized carbons (Fsp3) is 0.889. The lowest BCUT2D eigenvalue weighted by Crippen LogP contribution is -2.31. The third-order valence-corrected chi connectivity index (χ3v) is 3.78. The third-order valence-electron chi connectivity index (χ3n) is 2.99. The molecule has 1 aliphatic rings. The third kappa shape index (κ3) is 1.51. The Morgan fingerprint density at radius 1 is 1.58 bits per heavy atom. The molecule has 0 aliphatic carbocycles. The van der Waals surface area contributed by atoms with Gasteiger partial charge in [-0.2, -0.15) is 0 Å². The summed E-state index contributed by atoms with van der Waals surface area (Å²) in [7, 11) is 0. The molecule has 0 aromatic carbocycles. The fourth-order valence-electron chi connectivity index (χ4n) is 1.91. The van der Waals surface area contributed by atoms with E-state index in [0.29, 0.717) is 6.04 Å². The second-order valence-electron chi connectivity index (χ2n) is 3.52. The van der Waals surface area contributed by atoms with Crippen LogP contribution < -0.4 is 5.32 Å². The first-order valence-electron chi connectivity index (χ1n) is 4.55. The van der Waals surface area contributed by atoms with E-state index in [9.17, 15) is 4.79 Å². The largest absolute Gasteiger partial charge is 0.352 e. The Hall–Kier alpha value is -0.0500. The Morgan fingerprint density at radius 3 is 2.42 bits per heavy atom. The molecule has 1 aliphatic heterocycles. The summed E-state index contributed by atoms with van der Waals surface area (Å²) in [6.45, 7) is 4.19. The van der Waals surface area contributed by atoms with E-state index in [1.165, 1.54) is 0 Å². The van der Waals surface area contributed by atoms with E-state index in [1.807, 2.05) is 0 Å². The SMILES string of the molecule is CCC1(CC)CC(CBr)NC1=O. The normalized spacial score (nSPS) is 27.2. The molecular formula is C9H16BrNO. The molecule has 0 spiro atoms. The molecule has 1 atom stereocenters. The van der Waals surface area contributed by atoms with Gasteiger partial charge in [-0.15, -0.1) is 0 Å². The molecule has 1 heterocycles. The molecule has 0 aromatic heterocycles. The molecule has 0 bridgehead atoms. The zero-order valence-electron chi connectivity index (χ0n) is 7.69. The Balaban J connectivity index is 2.72. The van der Waals surface area contributed by atoms with Crippen molar-refractivity contribution in [3.05, 3.63) is 0 Å². The van der Waals surface area contributed by atoms with E-state index in [-0.39, 0.29) is 11.3 Å². The van der Waals surface area contributed by atoms with Crippen molar-refractivity contribution in [3.8, 4) is 0 Å². The van der Waals surface area contributed by atoms with Gasteiger partial charge in [0.15, 0.2) is 0 Å². The molecule has 12 heavy (non-hydrogen) atoms. The number of halogens is 1. The van der Waals surface area contributed by atoms with Crippen molar-refractivity contribution < 1.29 is 4.79 Å². The van der Waals surface area contributed by atoms with Gasteiger partial charge in [0.05, 0.1) is 5.41 Å². The number of alkyl halides is 1. The molecule has 1 amide bonds. The first-order valence-corrected chi connectivity index (χ1v) is 5.67. The highest BCUT2D eigenvalue weighted by Gasteiger charge is 2.43. The molecule has 70 valence electrons. The van der Waals surface area contributed by atoms with Crippen LogP contribution in [0, 0.1) is 5.41 Å². The lowest BCUT2D eigenvalue weighted by atomic mass is 9.80. The number of hydrogen-bond acceptors (Lipinski definition) is 1. The summed E-state index contributed by atoms with van der Waals surface area (Å²) in [6.07, 6.45) is 2.90. The van der Waals surface area contributed by atoms with Gasteiger partial charge >= 0.3 is 0 Å². The van der Waals surface area contributed by atoms with Gasteiger partial charge in [0.1, 0.15) is 0 Å². The first kappa shape index (κ1) is 10.0. The highest BCUT2D eigenvalue weighted by Crippen LogP contribution is 2.37. The molecule has 1 N–H and O–H groups in total. The van der Waals surface area contributed by atoms with Gasteiger partial charge in [-0.25, -0.2) is 0 Å². The summed E-state index contributed by atoms with van der Waals surface area (Å²) in [5, 5.41) is 3.89. The van der Waals surface area contributed by atoms with Crippen molar-refractivity contribution in [2.75, 3.05) is 5.33 Å². The molecule has 1 saturated heterocycles. The molecule has 3 heteroatoms. The van der Waals surface area contributed by atoms with Crippen molar-refractivity contribution in [2.24, 2.45) is 5.41 Å². The molecular weight excluding hydrogens is 218 g/mol. The predicted octanol–water partition coefficient (Wildman–Crippen LogP) is 2.08. The molecule has 1 fully saturated rings. The summed E-state index contributed by atoms with van der Waals surface area (Å²) in [5.41, 5.74) is -0.0710. The van der Waals surface area contributed by atoms with Crippen molar-refractivity contribution >= 4 is 21.8 Å². The Kier molecular flexibility index (Phi) is 3.16. The first-order chi connectivity index (χ1) is 5.68. The summed E-state index contributed by atoms with van der Waals surface area (Å²) >= 11 is 3.40. The van der Waals surface area contributed by atoms with Gasteiger partial charge in [0.2, 0.25) is 5.91 Å². The highest BCUT2D eigenvalue weighted by molar-refractivity contribution is 9.09. The summed E-state index contributed by atoms with van der Waals surface area (Å²) in [5.74, 6) is 0.247. The molecule has 0 radical (unpaired) electrons. The standard InChI is InChI=1S/C9H16BrNO/c1-3-9(4-2)5-7(6-10)11-8(9)12/h7H,3-6H2,1-2H3,(H,11,12). The maximum absolute atomic E-state index is 11.6. The van der Waals surface area contributed by atoms with Crippen LogP contribution in [-0.4, -0.2) is 17.3 Å². The average Bonchev–Trinajstić information content (AvgIpc) is 2.43. The number of carbonyl (C=O) groups excluding carboxylic acids is 1. The van der Waals surface area contributed by atoms with Crippen LogP contribution in [-0.2, 0) is 4.79 Å². The molecule has 0 saturated carbocycles. The van der Waals surface area contributed by atoms with Crippen molar-refractivity contribution in [2.45, 2.75) is 39.2 Å². The minimum absolute atomic E-state index is 0.0710. The zero-order valence-corrected chi connectivity index (χ0v) is 9.28.